The second-order valence-electron chi connectivity index (χ2n) is 4.58. The van der Waals surface area contributed by atoms with Crippen LogP contribution >= 0.6 is 23.2 Å². The van der Waals surface area contributed by atoms with Gasteiger partial charge >= 0.3 is 0 Å². The molecule has 0 bridgehead atoms. The van der Waals surface area contributed by atoms with Crippen LogP contribution in [0, 0.1) is 0 Å². The van der Waals surface area contributed by atoms with Gasteiger partial charge in [0.05, 0.1) is 6.61 Å². The molecule has 1 unspecified atom stereocenters. The van der Waals surface area contributed by atoms with Crippen molar-refractivity contribution in [1.29, 1.82) is 0 Å². The fourth-order valence-electron chi connectivity index (χ4n) is 1.97. The Labute approximate surface area is 129 Å². The molecule has 2 nitrogen and oxygen atoms in total. The lowest BCUT2D eigenvalue weighted by atomic mass is 10.0. The van der Waals surface area contributed by atoms with Gasteiger partial charge in [-0.25, -0.2) is 0 Å². The van der Waals surface area contributed by atoms with E-state index in [-0.39, 0.29) is 6.04 Å². The Morgan fingerprint density at radius 2 is 1.80 bits per heavy atom. The van der Waals surface area contributed by atoms with Gasteiger partial charge in [-0.3, -0.25) is 0 Å². The highest BCUT2D eigenvalue weighted by Gasteiger charge is 2.10. The smallest absolute Gasteiger partial charge is 0.119 e. The van der Waals surface area contributed by atoms with E-state index in [0.717, 1.165) is 24.2 Å². The van der Waals surface area contributed by atoms with Gasteiger partial charge in [-0.05, 0) is 42.7 Å². The molecule has 0 aliphatic rings. The van der Waals surface area contributed by atoms with Gasteiger partial charge in [0, 0.05) is 16.1 Å². The van der Waals surface area contributed by atoms with E-state index in [4.69, 9.17) is 33.7 Å². The topological polar surface area (TPSA) is 35.2 Å². The number of nitrogens with two attached hydrogens (primary N) is 1. The van der Waals surface area contributed by atoms with Crippen molar-refractivity contribution in [3.63, 3.8) is 0 Å². The van der Waals surface area contributed by atoms with E-state index in [2.05, 4.69) is 0 Å². The van der Waals surface area contributed by atoms with Crippen molar-refractivity contribution >= 4 is 23.2 Å². The molecule has 2 aromatic carbocycles. The maximum Gasteiger partial charge on any atom is 0.119 e. The molecule has 0 aromatic heterocycles. The zero-order valence-electron chi connectivity index (χ0n) is 11.1. The average molecular weight is 310 g/mol. The number of para-hydroxylation sites is 1. The van der Waals surface area contributed by atoms with Gasteiger partial charge in [0.15, 0.2) is 0 Å². The Morgan fingerprint density at radius 1 is 1.05 bits per heavy atom. The van der Waals surface area contributed by atoms with Gasteiger partial charge in [-0.1, -0.05) is 47.5 Å². The molecule has 2 N–H and O–H groups in total. The van der Waals surface area contributed by atoms with E-state index in [1.807, 2.05) is 42.5 Å². The van der Waals surface area contributed by atoms with Crippen LogP contribution in [0.15, 0.2) is 48.5 Å². The van der Waals surface area contributed by atoms with E-state index >= 15 is 0 Å². The van der Waals surface area contributed by atoms with E-state index < -0.39 is 0 Å². The largest absolute Gasteiger partial charge is 0.494 e. The Morgan fingerprint density at radius 3 is 2.50 bits per heavy atom. The molecule has 0 heterocycles. The molecule has 20 heavy (non-hydrogen) atoms. The Hall–Kier alpha value is -1.22. The Kier molecular flexibility index (Phi) is 5.72. The average Bonchev–Trinajstić information content (AvgIpc) is 2.44. The summed E-state index contributed by atoms with van der Waals surface area (Å²) in [5, 5.41) is 1.24. The third kappa shape index (κ3) is 4.41. The van der Waals surface area contributed by atoms with Crippen LogP contribution in [0.1, 0.15) is 24.4 Å². The van der Waals surface area contributed by atoms with E-state index in [1.165, 1.54) is 0 Å². The van der Waals surface area contributed by atoms with Crippen LogP contribution in [-0.4, -0.2) is 6.61 Å². The van der Waals surface area contributed by atoms with Crippen LogP contribution in [0.25, 0.3) is 0 Å². The molecule has 0 fully saturated rings. The molecule has 1 atom stereocenters. The van der Waals surface area contributed by atoms with Crippen molar-refractivity contribution in [2.45, 2.75) is 18.9 Å². The highest BCUT2D eigenvalue weighted by molar-refractivity contribution is 6.35. The van der Waals surface area contributed by atoms with Gasteiger partial charge in [0.1, 0.15) is 5.75 Å². The number of halogens is 2. The number of ether oxygens (including phenoxy) is 1. The first kappa shape index (κ1) is 15.2. The SMILES string of the molecule is NC(CCCOc1ccccc1)c1ccc(Cl)cc1Cl. The summed E-state index contributed by atoms with van der Waals surface area (Å²) in [5.74, 6) is 0.880. The predicted octanol–water partition coefficient (Wildman–Crippen LogP) is 4.85. The standard InChI is InChI=1S/C16H17Cl2NO/c17-12-8-9-14(15(18)11-12)16(19)7-4-10-20-13-5-2-1-3-6-13/h1-3,5-6,8-9,11,16H,4,7,10,19H2. The summed E-state index contributed by atoms with van der Waals surface area (Å²) in [7, 11) is 0. The first-order valence-electron chi connectivity index (χ1n) is 6.55. The highest BCUT2D eigenvalue weighted by atomic mass is 35.5. The lowest BCUT2D eigenvalue weighted by molar-refractivity contribution is 0.302. The van der Waals surface area contributed by atoms with Crippen LogP contribution in [0.3, 0.4) is 0 Å². The van der Waals surface area contributed by atoms with Crippen molar-refractivity contribution in [2.24, 2.45) is 5.73 Å². The van der Waals surface area contributed by atoms with E-state index in [9.17, 15) is 0 Å². The maximum absolute atomic E-state index is 6.14. The minimum Gasteiger partial charge on any atom is -0.494 e. The third-order valence-electron chi connectivity index (χ3n) is 3.03. The van der Waals surface area contributed by atoms with Crippen molar-refractivity contribution in [2.75, 3.05) is 6.61 Å². The van der Waals surface area contributed by atoms with Crippen molar-refractivity contribution in [3.8, 4) is 5.75 Å². The minimum atomic E-state index is -0.0980. The lowest BCUT2D eigenvalue weighted by Crippen LogP contribution is -2.12. The minimum absolute atomic E-state index is 0.0980. The molecule has 106 valence electrons. The van der Waals surface area contributed by atoms with Gasteiger partial charge in [0.25, 0.3) is 0 Å². The molecule has 0 radical (unpaired) electrons. The Balaban J connectivity index is 1.79. The first-order chi connectivity index (χ1) is 9.66. The van der Waals surface area contributed by atoms with Crippen molar-refractivity contribution in [1.82, 2.24) is 0 Å². The Bertz CT molecular complexity index is 545. The summed E-state index contributed by atoms with van der Waals surface area (Å²) in [6, 6.07) is 15.1. The third-order valence-corrected chi connectivity index (χ3v) is 3.60. The number of rotatable bonds is 6. The molecule has 0 spiro atoms. The van der Waals surface area contributed by atoms with Gasteiger partial charge in [-0.15, -0.1) is 0 Å². The fraction of sp³-hybridized carbons (Fsp3) is 0.250. The monoisotopic (exact) mass is 309 g/mol. The second-order valence-corrected chi connectivity index (χ2v) is 5.42. The lowest BCUT2D eigenvalue weighted by Gasteiger charge is -2.14. The zero-order valence-corrected chi connectivity index (χ0v) is 12.6. The van der Waals surface area contributed by atoms with Crippen molar-refractivity contribution in [3.05, 3.63) is 64.1 Å². The van der Waals surface area contributed by atoms with Crippen molar-refractivity contribution < 1.29 is 4.74 Å². The van der Waals surface area contributed by atoms with E-state index in [0.29, 0.717) is 16.7 Å². The molecular weight excluding hydrogens is 293 g/mol. The highest BCUT2D eigenvalue weighted by Crippen LogP contribution is 2.27. The summed E-state index contributed by atoms with van der Waals surface area (Å²) in [6.45, 7) is 0.642. The number of hydrogen-bond donors (Lipinski definition) is 1. The molecule has 0 aliphatic carbocycles. The molecule has 0 saturated carbocycles. The van der Waals surface area contributed by atoms with E-state index in [1.54, 1.807) is 6.07 Å². The molecule has 0 aliphatic heterocycles. The van der Waals surface area contributed by atoms with Crippen LogP contribution in [0.4, 0.5) is 0 Å². The van der Waals surface area contributed by atoms with Gasteiger partial charge < -0.3 is 10.5 Å². The molecule has 2 aromatic rings. The summed E-state index contributed by atoms with van der Waals surface area (Å²) in [5.41, 5.74) is 7.07. The normalized spacial score (nSPS) is 12.2. The van der Waals surface area contributed by atoms with Crippen LogP contribution in [0.2, 0.25) is 10.0 Å². The number of hydrogen-bond acceptors (Lipinski definition) is 2. The summed E-state index contributed by atoms with van der Waals surface area (Å²) in [6.07, 6.45) is 1.68. The molecular formula is C16H17Cl2NO. The number of benzene rings is 2. The summed E-state index contributed by atoms with van der Waals surface area (Å²) in [4.78, 5) is 0. The zero-order chi connectivity index (χ0) is 14.4. The maximum atomic E-state index is 6.14. The van der Waals surface area contributed by atoms with Crippen LogP contribution < -0.4 is 10.5 Å². The second kappa shape index (κ2) is 7.53. The predicted molar refractivity (Wildman–Crippen MR) is 84.6 cm³/mol. The molecule has 4 heteroatoms. The molecule has 2 rings (SSSR count). The summed E-state index contributed by atoms with van der Waals surface area (Å²) < 4.78 is 5.63. The fourth-order valence-corrected chi connectivity index (χ4v) is 2.52. The molecule has 0 saturated heterocycles. The van der Waals surface area contributed by atoms with Crippen LogP contribution in [-0.2, 0) is 0 Å². The molecule has 0 amide bonds. The van der Waals surface area contributed by atoms with Gasteiger partial charge in [-0.2, -0.15) is 0 Å². The van der Waals surface area contributed by atoms with Crippen LogP contribution in [0.5, 0.6) is 5.75 Å². The summed E-state index contributed by atoms with van der Waals surface area (Å²) >= 11 is 12.0. The van der Waals surface area contributed by atoms with Gasteiger partial charge in [0.2, 0.25) is 0 Å². The quantitative estimate of drug-likeness (QED) is 0.774. The first-order valence-corrected chi connectivity index (χ1v) is 7.31.